The second-order valence-electron chi connectivity index (χ2n) is 7.17. The monoisotopic (exact) mass is 303 g/mol. The summed E-state index contributed by atoms with van der Waals surface area (Å²) in [5.74, 6) is 2.27. The Bertz CT molecular complexity index is 536. The Labute approximate surface area is 131 Å². The number of carbonyl (C=O) groups is 1. The molecule has 4 rings (SSSR count). The van der Waals surface area contributed by atoms with Gasteiger partial charge in [0.25, 0.3) is 0 Å². The van der Waals surface area contributed by atoms with Crippen molar-refractivity contribution in [3.63, 3.8) is 0 Å². The van der Waals surface area contributed by atoms with Gasteiger partial charge in [0.2, 0.25) is 5.91 Å². The van der Waals surface area contributed by atoms with Crippen LogP contribution in [-0.2, 0) is 16.6 Å². The zero-order valence-electron chi connectivity index (χ0n) is 13.2. The fourth-order valence-corrected chi connectivity index (χ4v) is 3.91. The molecule has 22 heavy (non-hydrogen) atoms. The summed E-state index contributed by atoms with van der Waals surface area (Å²) >= 11 is 0. The molecule has 2 aliphatic carbocycles. The maximum atomic E-state index is 12.6. The quantitative estimate of drug-likeness (QED) is 0.875. The first-order chi connectivity index (χ1) is 10.7. The number of ether oxygens (including phenoxy) is 1. The molecule has 1 N–H and O–H groups in total. The predicted octanol–water partition coefficient (Wildman–Crippen LogP) is 2.05. The van der Waals surface area contributed by atoms with Crippen LogP contribution < -0.4 is 5.32 Å². The molecule has 1 aromatic rings. The molecule has 120 valence electrons. The van der Waals surface area contributed by atoms with Crippen molar-refractivity contribution >= 4 is 5.91 Å². The van der Waals surface area contributed by atoms with Gasteiger partial charge >= 0.3 is 0 Å². The van der Waals surface area contributed by atoms with Crippen LogP contribution in [0.3, 0.4) is 0 Å². The second kappa shape index (κ2) is 5.69. The molecular weight excluding hydrogens is 278 g/mol. The Morgan fingerprint density at radius 1 is 1.36 bits per heavy atom. The lowest BCUT2D eigenvalue weighted by Crippen LogP contribution is -2.37. The zero-order valence-corrected chi connectivity index (χ0v) is 13.2. The first-order valence-corrected chi connectivity index (χ1v) is 8.61. The van der Waals surface area contributed by atoms with E-state index in [0.717, 1.165) is 25.3 Å². The standard InChI is InChI=1S/C17H25N3O2/c1-20-14(6-8-19-20)16-13(7-9-22-16)10-18-17(21)15(11-2-3-11)12-4-5-12/h6,8,11-13,15-16H,2-5,7,9-10H2,1H3,(H,18,21)/t13-,16+/m0/s1. The van der Waals surface area contributed by atoms with Crippen LogP contribution in [0.1, 0.15) is 43.9 Å². The Balaban J connectivity index is 1.36. The van der Waals surface area contributed by atoms with Crippen LogP contribution >= 0.6 is 0 Å². The molecule has 5 nitrogen and oxygen atoms in total. The van der Waals surface area contributed by atoms with E-state index in [0.29, 0.717) is 23.7 Å². The third kappa shape index (κ3) is 2.78. The number of nitrogens with zero attached hydrogens (tertiary/aromatic N) is 2. The topological polar surface area (TPSA) is 56.1 Å². The molecule has 2 saturated carbocycles. The third-order valence-electron chi connectivity index (χ3n) is 5.47. The Hall–Kier alpha value is -1.36. The van der Waals surface area contributed by atoms with E-state index >= 15 is 0 Å². The minimum atomic E-state index is 0.0631. The molecule has 3 fully saturated rings. The number of nitrogens with one attached hydrogen (secondary N) is 1. The van der Waals surface area contributed by atoms with E-state index in [4.69, 9.17) is 4.74 Å². The minimum absolute atomic E-state index is 0.0631. The molecule has 1 saturated heterocycles. The molecule has 0 radical (unpaired) electrons. The summed E-state index contributed by atoms with van der Waals surface area (Å²) in [6.45, 7) is 1.50. The molecule has 0 bridgehead atoms. The lowest BCUT2D eigenvalue weighted by atomic mass is 9.95. The van der Waals surface area contributed by atoms with Gasteiger partial charge in [0, 0.05) is 38.2 Å². The van der Waals surface area contributed by atoms with Gasteiger partial charge in [-0.15, -0.1) is 0 Å². The van der Waals surface area contributed by atoms with Crippen molar-refractivity contribution in [3.05, 3.63) is 18.0 Å². The normalized spacial score (nSPS) is 28.3. The van der Waals surface area contributed by atoms with Crippen LogP contribution in [0.25, 0.3) is 0 Å². The van der Waals surface area contributed by atoms with Gasteiger partial charge in [-0.25, -0.2) is 0 Å². The van der Waals surface area contributed by atoms with E-state index in [-0.39, 0.29) is 12.0 Å². The van der Waals surface area contributed by atoms with Gasteiger partial charge in [-0.05, 0) is 50.0 Å². The highest BCUT2D eigenvalue weighted by molar-refractivity contribution is 5.80. The van der Waals surface area contributed by atoms with Gasteiger partial charge in [0.15, 0.2) is 0 Å². The first-order valence-electron chi connectivity index (χ1n) is 8.61. The number of rotatable bonds is 6. The molecule has 2 heterocycles. The molecule has 0 spiro atoms. The Morgan fingerprint density at radius 2 is 2.09 bits per heavy atom. The average molecular weight is 303 g/mol. The van der Waals surface area contributed by atoms with Crippen LogP contribution in [0.2, 0.25) is 0 Å². The van der Waals surface area contributed by atoms with Crippen molar-refractivity contribution in [2.24, 2.45) is 30.7 Å². The highest BCUT2D eigenvalue weighted by atomic mass is 16.5. The average Bonchev–Trinajstić information content (AvgIpc) is 3.42. The molecule has 0 unspecified atom stereocenters. The fourth-order valence-electron chi connectivity index (χ4n) is 3.91. The lowest BCUT2D eigenvalue weighted by molar-refractivity contribution is -0.126. The predicted molar refractivity (Wildman–Crippen MR) is 82.0 cm³/mol. The van der Waals surface area contributed by atoms with Gasteiger partial charge in [-0.1, -0.05) is 0 Å². The van der Waals surface area contributed by atoms with E-state index in [1.54, 1.807) is 0 Å². The van der Waals surface area contributed by atoms with Crippen molar-refractivity contribution in [2.75, 3.05) is 13.2 Å². The maximum Gasteiger partial charge on any atom is 0.223 e. The maximum absolute atomic E-state index is 12.6. The Morgan fingerprint density at radius 3 is 2.68 bits per heavy atom. The van der Waals surface area contributed by atoms with Gasteiger partial charge in [-0.2, -0.15) is 5.10 Å². The Kier molecular flexibility index (Phi) is 3.68. The third-order valence-corrected chi connectivity index (χ3v) is 5.47. The molecule has 1 amide bonds. The summed E-state index contributed by atoms with van der Waals surface area (Å²) in [7, 11) is 1.95. The molecule has 1 aromatic heterocycles. The van der Waals surface area contributed by atoms with Crippen LogP contribution in [-0.4, -0.2) is 28.8 Å². The summed E-state index contributed by atoms with van der Waals surface area (Å²) < 4.78 is 7.77. The summed E-state index contributed by atoms with van der Waals surface area (Å²) in [4.78, 5) is 12.6. The first kappa shape index (κ1) is 14.2. The fraction of sp³-hybridized carbons (Fsp3) is 0.765. The van der Waals surface area contributed by atoms with Crippen molar-refractivity contribution in [2.45, 2.75) is 38.2 Å². The van der Waals surface area contributed by atoms with Gasteiger partial charge in [0.1, 0.15) is 6.10 Å². The number of hydrogen-bond acceptors (Lipinski definition) is 3. The summed E-state index contributed by atoms with van der Waals surface area (Å²) in [6.07, 6.45) is 7.87. The molecular formula is C17H25N3O2. The SMILES string of the molecule is Cn1nccc1[C@@H]1OCC[C@H]1CNC(=O)C(C1CC1)C1CC1. The van der Waals surface area contributed by atoms with Crippen molar-refractivity contribution in [1.82, 2.24) is 15.1 Å². The van der Waals surface area contributed by atoms with Crippen LogP contribution in [0.4, 0.5) is 0 Å². The van der Waals surface area contributed by atoms with Crippen LogP contribution in [0.5, 0.6) is 0 Å². The van der Waals surface area contributed by atoms with E-state index in [9.17, 15) is 4.79 Å². The van der Waals surface area contributed by atoms with Crippen LogP contribution in [0.15, 0.2) is 12.3 Å². The second-order valence-corrected chi connectivity index (χ2v) is 7.17. The van der Waals surface area contributed by atoms with E-state index in [1.807, 2.05) is 24.0 Å². The number of aryl methyl sites for hydroxylation is 1. The number of aromatic nitrogens is 2. The lowest BCUT2D eigenvalue weighted by Gasteiger charge is -2.21. The highest BCUT2D eigenvalue weighted by Crippen LogP contribution is 2.49. The molecule has 5 heteroatoms. The van der Waals surface area contributed by atoms with E-state index < -0.39 is 0 Å². The number of amides is 1. The number of hydrogen-bond donors (Lipinski definition) is 1. The molecule has 1 aliphatic heterocycles. The zero-order chi connectivity index (χ0) is 15.1. The largest absolute Gasteiger partial charge is 0.372 e. The van der Waals surface area contributed by atoms with Crippen molar-refractivity contribution in [1.29, 1.82) is 0 Å². The van der Waals surface area contributed by atoms with Crippen molar-refractivity contribution < 1.29 is 9.53 Å². The summed E-state index contributed by atoms with van der Waals surface area (Å²) in [6, 6.07) is 2.02. The summed E-state index contributed by atoms with van der Waals surface area (Å²) in [5.41, 5.74) is 1.11. The molecule has 3 aliphatic rings. The van der Waals surface area contributed by atoms with Gasteiger partial charge < -0.3 is 10.1 Å². The molecule has 2 atom stereocenters. The van der Waals surface area contributed by atoms with E-state index in [1.165, 1.54) is 25.7 Å². The van der Waals surface area contributed by atoms with Gasteiger partial charge in [0.05, 0.1) is 5.69 Å². The van der Waals surface area contributed by atoms with Crippen molar-refractivity contribution in [3.8, 4) is 0 Å². The van der Waals surface area contributed by atoms with Crippen LogP contribution in [0, 0.1) is 23.7 Å². The number of carbonyl (C=O) groups excluding carboxylic acids is 1. The molecule has 0 aromatic carbocycles. The summed E-state index contributed by atoms with van der Waals surface area (Å²) in [5, 5.41) is 7.46. The smallest absolute Gasteiger partial charge is 0.223 e. The highest BCUT2D eigenvalue weighted by Gasteiger charge is 2.45. The minimum Gasteiger partial charge on any atom is -0.372 e. The van der Waals surface area contributed by atoms with Gasteiger partial charge in [-0.3, -0.25) is 9.48 Å². The van der Waals surface area contributed by atoms with E-state index in [2.05, 4.69) is 10.4 Å².